The molecule has 1 unspecified atom stereocenters. The number of nitrogens with one attached hydrogen (secondary N) is 1. The summed E-state index contributed by atoms with van der Waals surface area (Å²) >= 11 is 0. The van der Waals surface area contributed by atoms with Crippen LogP contribution in [0.5, 0.6) is 0 Å². The predicted octanol–water partition coefficient (Wildman–Crippen LogP) is 1.51. The van der Waals surface area contributed by atoms with Crippen LogP contribution in [0.3, 0.4) is 0 Å². The smallest absolute Gasteiger partial charge is 0.154 e. The van der Waals surface area contributed by atoms with Crippen molar-refractivity contribution in [2.75, 3.05) is 11.9 Å². The van der Waals surface area contributed by atoms with Gasteiger partial charge in [0.1, 0.15) is 5.52 Å². The van der Waals surface area contributed by atoms with Crippen LogP contribution in [0, 0.1) is 5.92 Å². The van der Waals surface area contributed by atoms with Crippen LogP contribution in [-0.2, 0) is 7.05 Å². The first-order chi connectivity index (χ1) is 8.64. The Labute approximate surface area is 106 Å². The van der Waals surface area contributed by atoms with E-state index in [1.807, 2.05) is 30.2 Å². The third-order valence-electron chi connectivity index (χ3n) is 3.95. The lowest BCUT2D eigenvalue weighted by atomic mass is 9.96. The fourth-order valence-electron chi connectivity index (χ4n) is 2.46. The average molecular weight is 245 g/mol. The van der Waals surface area contributed by atoms with Crippen LogP contribution < -0.4 is 11.1 Å². The molecule has 1 aliphatic carbocycles. The minimum atomic E-state index is -0.0706. The number of fused-ring (bicyclic) bond motifs is 1. The third-order valence-corrected chi connectivity index (χ3v) is 3.95. The minimum absolute atomic E-state index is 0.0706. The molecule has 0 spiro atoms. The number of nitrogens with two attached hydrogens (primary N) is 1. The summed E-state index contributed by atoms with van der Waals surface area (Å²) in [4.78, 5) is 8.83. The van der Waals surface area contributed by atoms with Crippen molar-refractivity contribution in [1.82, 2.24) is 14.5 Å². The molecular weight excluding hydrogens is 226 g/mol. The molecule has 0 bridgehead atoms. The molecule has 18 heavy (non-hydrogen) atoms. The lowest BCUT2D eigenvalue weighted by Gasteiger charge is -2.30. The lowest BCUT2D eigenvalue weighted by Crippen LogP contribution is -2.45. The standard InChI is InChI=1S/C13H19N5/c1-13(7-14,9-3-4-9)17-12-11-10(5-6-15-12)18(2)8-16-11/h5-6,8-9H,3-4,7,14H2,1-2H3,(H,15,17). The van der Waals surface area contributed by atoms with E-state index in [0.717, 1.165) is 16.9 Å². The molecule has 3 rings (SSSR count). The Kier molecular flexibility index (Phi) is 2.52. The highest BCUT2D eigenvalue weighted by molar-refractivity contribution is 5.86. The van der Waals surface area contributed by atoms with Gasteiger partial charge in [0.25, 0.3) is 0 Å². The molecule has 0 aliphatic heterocycles. The number of pyridine rings is 1. The summed E-state index contributed by atoms with van der Waals surface area (Å²) in [6, 6.07) is 1.98. The Hall–Kier alpha value is -1.62. The molecule has 2 heterocycles. The van der Waals surface area contributed by atoms with Crippen molar-refractivity contribution in [2.24, 2.45) is 18.7 Å². The molecule has 0 amide bonds. The highest BCUT2D eigenvalue weighted by Crippen LogP contribution is 2.41. The highest BCUT2D eigenvalue weighted by atomic mass is 15.1. The Bertz CT molecular complexity index is 572. The number of rotatable bonds is 4. The van der Waals surface area contributed by atoms with Gasteiger partial charge in [0.05, 0.1) is 17.4 Å². The molecule has 0 radical (unpaired) electrons. The van der Waals surface area contributed by atoms with Crippen molar-refractivity contribution in [3.05, 3.63) is 18.6 Å². The van der Waals surface area contributed by atoms with E-state index in [2.05, 4.69) is 22.2 Å². The van der Waals surface area contributed by atoms with Crippen LogP contribution in [0.4, 0.5) is 5.82 Å². The summed E-state index contributed by atoms with van der Waals surface area (Å²) in [5.41, 5.74) is 7.86. The Balaban J connectivity index is 1.99. The summed E-state index contributed by atoms with van der Waals surface area (Å²) in [7, 11) is 1.99. The van der Waals surface area contributed by atoms with E-state index in [4.69, 9.17) is 5.73 Å². The second kappa shape index (κ2) is 3.95. The van der Waals surface area contributed by atoms with Crippen LogP contribution in [0.1, 0.15) is 19.8 Å². The number of nitrogens with zero attached hydrogens (tertiary/aromatic N) is 3. The van der Waals surface area contributed by atoms with Gasteiger partial charge >= 0.3 is 0 Å². The Morgan fingerprint density at radius 3 is 2.94 bits per heavy atom. The number of hydrogen-bond donors (Lipinski definition) is 2. The molecule has 96 valence electrons. The Morgan fingerprint density at radius 2 is 2.28 bits per heavy atom. The van der Waals surface area contributed by atoms with Gasteiger partial charge in [-0.25, -0.2) is 9.97 Å². The molecule has 2 aromatic rings. The third kappa shape index (κ3) is 1.75. The zero-order chi connectivity index (χ0) is 12.8. The maximum atomic E-state index is 5.93. The molecule has 2 aromatic heterocycles. The van der Waals surface area contributed by atoms with Gasteiger partial charge in [-0.1, -0.05) is 0 Å². The van der Waals surface area contributed by atoms with Crippen molar-refractivity contribution in [3.63, 3.8) is 0 Å². The molecule has 1 fully saturated rings. The van der Waals surface area contributed by atoms with Crippen LogP contribution >= 0.6 is 0 Å². The summed E-state index contributed by atoms with van der Waals surface area (Å²) in [6.07, 6.45) is 6.13. The molecule has 1 atom stereocenters. The molecule has 1 saturated carbocycles. The molecule has 5 nitrogen and oxygen atoms in total. The van der Waals surface area contributed by atoms with E-state index in [1.54, 1.807) is 0 Å². The van der Waals surface area contributed by atoms with Crippen molar-refractivity contribution in [2.45, 2.75) is 25.3 Å². The molecule has 0 saturated heterocycles. The largest absolute Gasteiger partial charge is 0.362 e. The van der Waals surface area contributed by atoms with Crippen LogP contribution in [0.15, 0.2) is 18.6 Å². The normalized spacial score (nSPS) is 18.8. The van der Waals surface area contributed by atoms with E-state index in [0.29, 0.717) is 12.5 Å². The summed E-state index contributed by atoms with van der Waals surface area (Å²) in [5.74, 6) is 1.50. The first kappa shape index (κ1) is 11.5. The van der Waals surface area contributed by atoms with Crippen LogP contribution in [0.25, 0.3) is 11.0 Å². The SMILES string of the molecule is Cn1cnc2c(NC(C)(CN)C3CC3)nccc21. The second-order valence-electron chi connectivity index (χ2n) is 5.40. The fourth-order valence-corrected chi connectivity index (χ4v) is 2.46. The predicted molar refractivity (Wildman–Crippen MR) is 72.3 cm³/mol. The Morgan fingerprint density at radius 1 is 1.50 bits per heavy atom. The van der Waals surface area contributed by atoms with Crippen molar-refractivity contribution < 1.29 is 0 Å². The molecular formula is C13H19N5. The number of imidazole rings is 1. The van der Waals surface area contributed by atoms with Gasteiger partial charge in [-0.3, -0.25) is 0 Å². The first-order valence-corrected chi connectivity index (χ1v) is 6.38. The van der Waals surface area contributed by atoms with Crippen LogP contribution in [-0.4, -0.2) is 26.6 Å². The number of aromatic nitrogens is 3. The first-order valence-electron chi connectivity index (χ1n) is 6.38. The van der Waals surface area contributed by atoms with E-state index < -0.39 is 0 Å². The van der Waals surface area contributed by atoms with Crippen molar-refractivity contribution in [1.29, 1.82) is 0 Å². The van der Waals surface area contributed by atoms with Gasteiger partial charge in [0, 0.05) is 19.8 Å². The molecule has 3 N–H and O–H groups in total. The van der Waals surface area contributed by atoms with Crippen molar-refractivity contribution >= 4 is 16.9 Å². The minimum Gasteiger partial charge on any atom is -0.362 e. The van der Waals surface area contributed by atoms with Gasteiger partial charge in [-0.05, 0) is 31.7 Å². The number of hydrogen-bond acceptors (Lipinski definition) is 4. The van der Waals surface area contributed by atoms with E-state index in [-0.39, 0.29) is 5.54 Å². The zero-order valence-corrected chi connectivity index (χ0v) is 10.8. The molecule has 5 heteroatoms. The average Bonchev–Trinajstić information content (AvgIpc) is 3.16. The monoisotopic (exact) mass is 245 g/mol. The highest BCUT2D eigenvalue weighted by Gasteiger charge is 2.41. The number of aryl methyl sites for hydroxylation is 1. The second-order valence-corrected chi connectivity index (χ2v) is 5.40. The zero-order valence-electron chi connectivity index (χ0n) is 10.8. The number of anilines is 1. The molecule has 1 aliphatic rings. The van der Waals surface area contributed by atoms with Gasteiger partial charge in [-0.15, -0.1) is 0 Å². The van der Waals surface area contributed by atoms with Gasteiger partial charge < -0.3 is 15.6 Å². The van der Waals surface area contributed by atoms with Gasteiger partial charge in [0.2, 0.25) is 0 Å². The fraction of sp³-hybridized carbons (Fsp3) is 0.538. The van der Waals surface area contributed by atoms with Gasteiger partial charge in [0.15, 0.2) is 5.82 Å². The topological polar surface area (TPSA) is 68.8 Å². The van der Waals surface area contributed by atoms with Gasteiger partial charge in [-0.2, -0.15) is 0 Å². The summed E-state index contributed by atoms with van der Waals surface area (Å²) in [6.45, 7) is 2.79. The quantitative estimate of drug-likeness (QED) is 0.856. The van der Waals surface area contributed by atoms with E-state index >= 15 is 0 Å². The summed E-state index contributed by atoms with van der Waals surface area (Å²) in [5, 5.41) is 3.51. The maximum Gasteiger partial charge on any atom is 0.154 e. The van der Waals surface area contributed by atoms with E-state index in [9.17, 15) is 0 Å². The van der Waals surface area contributed by atoms with Crippen LogP contribution in [0.2, 0.25) is 0 Å². The lowest BCUT2D eigenvalue weighted by molar-refractivity contribution is 0.458. The van der Waals surface area contributed by atoms with Crippen molar-refractivity contribution in [3.8, 4) is 0 Å². The summed E-state index contributed by atoms with van der Waals surface area (Å²) < 4.78 is 2.00. The van der Waals surface area contributed by atoms with E-state index in [1.165, 1.54) is 12.8 Å². The molecule has 0 aromatic carbocycles. The maximum absolute atomic E-state index is 5.93.